The van der Waals surface area contributed by atoms with Gasteiger partial charge in [-0.05, 0) is 79.8 Å². The highest BCUT2D eigenvalue weighted by Gasteiger charge is 2.46. The van der Waals surface area contributed by atoms with Gasteiger partial charge in [0, 0.05) is 18.6 Å². The van der Waals surface area contributed by atoms with Crippen molar-refractivity contribution in [1.29, 1.82) is 0 Å². The number of rotatable bonds is 6. The molecule has 2 aliphatic heterocycles. The molecular weight excluding hydrogens is 556 g/mol. The quantitative estimate of drug-likeness (QED) is 0.358. The molecule has 224 valence electrons. The lowest BCUT2D eigenvalue weighted by molar-refractivity contribution is -0.185. The maximum atomic E-state index is 14.3. The predicted octanol–water partition coefficient (Wildman–Crippen LogP) is 6.89. The molecule has 3 aliphatic rings. The molecule has 1 aliphatic carbocycles. The number of aliphatic carboxylic acids is 2. The number of carboxylic acids is 2. The molecule has 41 heavy (non-hydrogen) atoms. The zero-order valence-corrected chi connectivity index (χ0v) is 22.0. The third-order valence-corrected chi connectivity index (χ3v) is 8.99. The fourth-order valence-corrected chi connectivity index (χ4v) is 6.95. The number of ether oxygens (including phenoxy) is 1. The van der Waals surface area contributed by atoms with E-state index >= 15 is 0 Å². The molecule has 3 fully saturated rings. The van der Waals surface area contributed by atoms with Gasteiger partial charge in [0.1, 0.15) is 11.3 Å². The first-order chi connectivity index (χ1) is 19.2. The maximum Gasteiger partial charge on any atom is 0.420 e. The summed E-state index contributed by atoms with van der Waals surface area (Å²) in [6.07, 6.45) is -8.93. The number of nitrogens with zero attached hydrogens (tertiary/aromatic N) is 1. The minimum absolute atomic E-state index is 0.0160. The van der Waals surface area contributed by atoms with Crippen LogP contribution in [0.25, 0.3) is 10.8 Å². The Morgan fingerprint density at radius 3 is 1.88 bits per heavy atom. The zero-order chi connectivity index (χ0) is 29.7. The molecule has 0 amide bonds. The van der Waals surface area contributed by atoms with Crippen molar-refractivity contribution in [2.75, 3.05) is 0 Å². The number of hydrogen-bond acceptors (Lipinski definition) is 4. The highest BCUT2D eigenvalue weighted by Crippen LogP contribution is 2.45. The van der Waals surface area contributed by atoms with E-state index in [0.717, 1.165) is 0 Å². The van der Waals surface area contributed by atoms with Crippen molar-refractivity contribution in [2.45, 2.75) is 88.5 Å². The highest BCUT2D eigenvalue weighted by atomic mass is 19.4. The summed E-state index contributed by atoms with van der Waals surface area (Å²) in [6, 6.07) is 6.75. The van der Waals surface area contributed by atoms with E-state index in [9.17, 15) is 46.1 Å². The Morgan fingerprint density at radius 1 is 0.829 bits per heavy atom. The zero-order valence-electron chi connectivity index (χ0n) is 22.0. The molecule has 0 aromatic heterocycles. The van der Waals surface area contributed by atoms with Crippen LogP contribution in [-0.2, 0) is 22.3 Å². The van der Waals surface area contributed by atoms with E-state index in [0.29, 0.717) is 43.2 Å². The van der Waals surface area contributed by atoms with Crippen LogP contribution in [0.5, 0.6) is 5.75 Å². The summed E-state index contributed by atoms with van der Waals surface area (Å²) < 4.78 is 87.4. The Labute approximate surface area is 232 Å². The van der Waals surface area contributed by atoms with Gasteiger partial charge in [-0.15, -0.1) is 0 Å². The number of carboxylic acid groups (broad SMARTS) is 2. The molecule has 5 rings (SSSR count). The number of piperidine rings is 2. The lowest BCUT2D eigenvalue weighted by Gasteiger charge is -2.49. The number of hydrogen-bond donors (Lipinski definition) is 2. The first-order valence-electron chi connectivity index (χ1n) is 13.8. The van der Waals surface area contributed by atoms with Gasteiger partial charge in [0.05, 0.1) is 23.9 Å². The van der Waals surface area contributed by atoms with Crippen molar-refractivity contribution in [2.24, 2.45) is 17.8 Å². The minimum atomic E-state index is -4.76. The molecular formula is C29H31F6NO5. The van der Waals surface area contributed by atoms with Crippen LogP contribution < -0.4 is 4.74 Å². The van der Waals surface area contributed by atoms with Gasteiger partial charge in [-0.25, -0.2) is 0 Å². The fourth-order valence-electron chi connectivity index (χ4n) is 6.95. The van der Waals surface area contributed by atoms with Crippen LogP contribution in [0.3, 0.4) is 0 Å². The van der Waals surface area contributed by atoms with Gasteiger partial charge in [-0.1, -0.05) is 18.2 Å². The SMILES string of the molecule is O=C(O)C1C[C@H]2CC(C(=O)O)C[C@H](C1)N2Cc1ccc2c(C(F)(F)F)c(O[C@H]3CC[C@@H](C(F)(F)F)CC3)ccc2c1. The lowest BCUT2D eigenvalue weighted by Crippen LogP contribution is -2.55. The van der Waals surface area contributed by atoms with Crippen molar-refractivity contribution >= 4 is 22.7 Å². The predicted molar refractivity (Wildman–Crippen MR) is 135 cm³/mol. The topological polar surface area (TPSA) is 87.1 Å². The van der Waals surface area contributed by atoms with E-state index < -0.39 is 59.5 Å². The largest absolute Gasteiger partial charge is 0.490 e. The van der Waals surface area contributed by atoms with E-state index in [-0.39, 0.29) is 43.2 Å². The Kier molecular flexibility index (Phi) is 7.90. The van der Waals surface area contributed by atoms with Gasteiger partial charge < -0.3 is 14.9 Å². The molecule has 12 heteroatoms. The van der Waals surface area contributed by atoms with Gasteiger partial charge in [0.15, 0.2) is 0 Å². The van der Waals surface area contributed by atoms with Crippen LogP contribution in [0.1, 0.15) is 62.5 Å². The molecule has 0 radical (unpaired) electrons. The Bertz CT molecular complexity index is 1260. The molecule has 2 N–H and O–H groups in total. The van der Waals surface area contributed by atoms with E-state index in [1.807, 2.05) is 0 Å². The summed E-state index contributed by atoms with van der Waals surface area (Å²) in [5.41, 5.74) is -0.259. The average Bonchev–Trinajstić information content (AvgIpc) is 2.87. The van der Waals surface area contributed by atoms with E-state index in [2.05, 4.69) is 4.90 Å². The number of halogens is 6. The first kappa shape index (κ1) is 29.5. The van der Waals surface area contributed by atoms with Crippen LogP contribution in [0, 0.1) is 17.8 Å². The molecule has 0 atom stereocenters. The smallest absolute Gasteiger partial charge is 0.420 e. The summed E-state index contributed by atoms with van der Waals surface area (Å²) in [7, 11) is 0. The maximum absolute atomic E-state index is 14.3. The number of fused-ring (bicyclic) bond motifs is 3. The number of alkyl halides is 6. The average molecular weight is 588 g/mol. The Balaban J connectivity index is 1.37. The lowest BCUT2D eigenvalue weighted by atomic mass is 9.74. The van der Waals surface area contributed by atoms with Crippen molar-refractivity contribution in [3.63, 3.8) is 0 Å². The van der Waals surface area contributed by atoms with Crippen molar-refractivity contribution in [3.05, 3.63) is 41.5 Å². The second kappa shape index (κ2) is 11.0. The Hall–Kier alpha value is -3.02. The highest BCUT2D eigenvalue weighted by molar-refractivity contribution is 5.89. The molecule has 0 spiro atoms. The molecule has 2 aromatic carbocycles. The molecule has 6 nitrogen and oxygen atoms in total. The molecule has 2 saturated heterocycles. The molecule has 1 saturated carbocycles. The summed E-state index contributed by atoms with van der Waals surface area (Å²) >= 11 is 0. The molecule has 2 bridgehead atoms. The summed E-state index contributed by atoms with van der Waals surface area (Å²) in [6.45, 7) is 0.339. The number of benzene rings is 2. The summed E-state index contributed by atoms with van der Waals surface area (Å²) in [4.78, 5) is 25.4. The van der Waals surface area contributed by atoms with Gasteiger partial charge in [-0.2, -0.15) is 26.3 Å². The van der Waals surface area contributed by atoms with Gasteiger partial charge in [-0.3, -0.25) is 14.5 Å². The molecule has 2 heterocycles. The Morgan fingerprint density at radius 2 is 1.39 bits per heavy atom. The van der Waals surface area contributed by atoms with E-state index in [4.69, 9.17) is 4.74 Å². The normalized spacial score (nSPS) is 29.3. The fraction of sp³-hybridized carbons (Fsp3) is 0.586. The summed E-state index contributed by atoms with van der Waals surface area (Å²) in [5.74, 6) is -4.83. The van der Waals surface area contributed by atoms with E-state index in [1.54, 1.807) is 12.1 Å². The third kappa shape index (κ3) is 6.27. The minimum Gasteiger partial charge on any atom is -0.490 e. The van der Waals surface area contributed by atoms with Gasteiger partial charge in [0.25, 0.3) is 0 Å². The molecule has 0 unspecified atom stereocenters. The van der Waals surface area contributed by atoms with Gasteiger partial charge >= 0.3 is 24.3 Å². The second-order valence-electron chi connectivity index (χ2n) is 11.6. The van der Waals surface area contributed by atoms with Crippen molar-refractivity contribution in [3.8, 4) is 5.75 Å². The van der Waals surface area contributed by atoms with Crippen molar-refractivity contribution < 1.29 is 50.9 Å². The van der Waals surface area contributed by atoms with Crippen molar-refractivity contribution in [1.82, 2.24) is 4.90 Å². The second-order valence-corrected chi connectivity index (χ2v) is 11.6. The van der Waals surface area contributed by atoms with Crippen LogP contribution in [0.15, 0.2) is 30.3 Å². The standard InChI is InChI=1S/C29H31F6NO5/c30-28(31,32)19-3-5-22(6-4-19)41-24-8-2-16-9-15(1-7-23(16)25(24)29(33,34)35)14-36-20-10-17(26(37)38)11-21(36)13-18(12-20)27(39)40/h1-2,7-9,17-22H,3-6,10-14H2,(H,37,38)(H,39,40)/t17?,18?,19-,20-,21-,22+. The van der Waals surface area contributed by atoms with Crippen LogP contribution >= 0.6 is 0 Å². The van der Waals surface area contributed by atoms with Gasteiger partial charge in [0.2, 0.25) is 0 Å². The monoisotopic (exact) mass is 587 g/mol. The first-order valence-corrected chi connectivity index (χ1v) is 13.8. The molecule has 2 aromatic rings. The van der Waals surface area contributed by atoms with Crippen LogP contribution in [0.2, 0.25) is 0 Å². The van der Waals surface area contributed by atoms with Crippen LogP contribution in [-0.4, -0.2) is 51.4 Å². The van der Waals surface area contributed by atoms with Crippen LogP contribution in [0.4, 0.5) is 26.3 Å². The van der Waals surface area contributed by atoms with E-state index in [1.165, 1.54) is 18.2 Å². The third-order valence-electron chi connectivity index (χ3n) is 8.99. The number of carbonyl (C=O) groups is 2. The summed E-state index contributed by atoms with van der Waals surface area (Å²) in [5, 5.41) is 19.3.